The molecule has 0 radical (unpaired) electrons. The van der Waals surface area contributed by atoms with Crippen LogP contribution in [0.1, 0.15) is 27.7 Å². The van der Waals surface area contributed by atoms with Crippen molar-refractivity contribution in [3.63, 3.8) is 0 Å². The van der Waals surface area contributed by atoms with Crippen molar-refractivity contribution in [3.8, 4) is 0 Å². The number of carboxylic acid groups (broad SMARTS) is 1. The molecule has 0 rings (SSSR count). The van der Waals surface area contributed by atoms with Crippen LogP contribution in [0.15, 0.2) is 11.6 Å². The van der Waals surface area contributed by atoms with E-state index < -0.39 is 18.2 Å². The van der Waals surface area contributed by atoms with Gasteiger partial charge in [-0.1, -0.05) is 5.57 Å². The summed E-state index contributed by atoms with van der Waals surface area (Å²) in [4.78, 5) is 9.73. The minimum atomic E-state index is -0.875. The quantitative estimate of drug-likeness (QED) is 0.562. The summed E-state index contributed by atoms with van der Waals surface area (Å²) in [6.45, 7) is 6.58. The lowest BCUT2D eigenvalue weighted by atomic mass is 10.3. The molecule has 0 aliphatic carbocycles. The molecule has 0 aliphatic rings. The molecule has 0 saturated carbocycles. The monoisotopic (exact) mass is 190 g/mol. The zero-order chi connectivity index (χ0) is 11.0. The number of carboxylic acids is 1. The van der Waals surface area contributed by atoms with Crippen molar-refractivity contribution in [2.75, 3.05) is 0 Å². The average Bonchev–Trinajstić information content (AvgIpc) is 1.84. The first-order chi connectivity index (χ1) is 5.77. The molecule has 0 aromatic carbocycles. The highest BCUT2D eigenvalue weighted by Gasteiger charge is 1.99. The zero-order valence-electron chi connectivity index (χ0n) is 8.48. The second-order valence-corrected chi connectivity index (χ2v) is 3.04. The Morgan fingerprint density at radius 1 is 1.15 bits per heavy atom. The van der Waals surface area contributed by atoms with Gasteiger partial charge >= 0.3 is 5.97 Å². The minimum absolute atomic E-state index is 0.593. The number of aliphatic carboxylic acids is 1. The molecule has 2 atom stereocenters. The van der Waals surface area contributed by atoms with Crippen molar-refractivity contribution in [3.05, 3.63) is 11.6 Å². The van der Waals surface area contributed by atoms with E-state index in [1.165, 1.54) is 6.08 Å². The summed E-state index contributed by atoms with van der Waals surface area (Å²) >= 11 is 0. The second-order valence-electron chi connectivity index (χ2n) is 3.04. The first-order valence-corrected chi connectivity index (χ1v) is 4.01. The third-order valence-corrected chi connectivity index (χ3v) is 1.11. The highest BCUT2D eigenvalue weighted by Crippen LogP contribution is 1.86. The van der Waals surface area contributed by atoms with E-state index in [0.717, 1.165) is 5.57 Å². The molecule has 0 bridgehead atoms. The minimum Gasteiger partial charge on any atom is -0.478 e. The highest BCUT2D eigenvalue weighted by atomic mass is 16.4. The molecule has 2 unspecified atom stereocenters. The van der Waals surface area contributed by atoms with Crippen LogP contribution in [-0.4, -0.2) is 33.5 Å². The van der Waals surface area contributed by atoms with E-state index in [1.807, 2.05) is 0 Å². The predicted octanol–water partition coefficient (Wildman–Crippen LogP) is 0.785. The zero-order valence-corrected chi connectivity index (χ0v) is 8.48. The average molecular weight is 190 g/mol. The predicted molar refractivity (Wildman–Crippen MR) is 50.4 cm³/mol. The molecule has 3 N–H and O–H groups in total. The summed E-state index contributed by atoms with van der Waals surface area (Å²) in [5, 5.41) is 24.8. The third kappa shape index (κ3) is 18.2. The van der Waals surface area contributed by atoms with Crippen LogP contribution in [0.4, 0.5) is 0 Å². The summed E-state index contributed by atoms with van der Waals surface area (Å²) < 4.78 is 0. The Labute approximate surface area is 78.5 Å². The second kappa shape index (κ2) is 7.76. The van der Waals surface area contributed by atoms with Crippen molar-refractivity contribution in [1.29, 1.82) is 0 Å². The van der Waals surface area contributed by atoms with Crippen LogP contribution in [0.3, 0.4) is 0 Å². The molecule has 0 saturated heterocycles. The molecule has 0 aromatic rings. The van der Waals surface area contributed by atoms with Gasteiger partial charge in [-0.25, -0.2) is 4.79 Å². The lowest BCUT2D eigenvalue weighted by Crippen LogP contribution is -2.17. The van der Waals surface area contributed by atoms with Crippen LogP contribution >= 0.6 is 0 Å². The summed E-state index contributed by atoms with van der Waals surface area (Å²) in [6.07, 6.45) is -0.0185. The number of aliphatic hydroxyl groups excluding tert-OH is 2. The fraction of sp³-hybridized carbons (Fsp3) is 0.667. The van der Waals surface area contributed by atoms with E-state index in [0.29, 0.717) is 0 Å². The van der Waals surface area contributed by atoms with Crippen LogP contribution in [0.5, 0.6) is 0 Å². The Bertz CT molecular complexity index is 160. The fourth-order valence-corrected chi connectivity index (χ4v) is 0.247. The number of aliphatic hydroxyl groups is 2. The van der Waals surface area contributed by atoms with Gasteiger partial charge in [0, 0.05) is 6.08 Å². The van der Waals surface area contributed by atoms with Crippen molar-refractivity contribution < 1.29 is 20.1 Å². The van der Waals surface area contributed by atoms with E-state index in [-0.39, 0.29) is 0 Å². The van der Waals surface area contributed by atoms with Crippen LogP contribution in [0.25, 0.3) is 0 Å². The largest absolute Gasteiger partial charge is 0.478 e. The molecule has 78 valence electrons. The maximum Gasteiger partial charge on any atom is 0.328 e. The molecule has 0 aliphatic heterocycles. The first kappa shape index (κ1) is 14.6. The summed E-state index contributed by atoms with van der Waals surface area (Å²) in [5.74, 6) is -0.875. The van der Waals surface area contributed by atoms with Crippen molar-refractivity contribution in [2.24, 2.45) is 0 Å². The summed E-state index contributed by atoms with van der Waals surface area (Å²) in [7, 11) is 0. The summed E-state index contributed by atoms with van der Waals surface area (Å²) in [5.41, 5.74) is 0.813. The molecular weight excluding hydrogens is 172 g/mol. The molecular formula is C9H18O4. The molecule has 4 heteroatoms. The van der Waals surface area contributed by atoms with Gasteiger partial charge in [0.05, 0.1) is 12.2 Å². The third-order valence-electron chi connectivity index (χ3n) is 1.11. The maximum atomic E-state index is 9.73. The van der Waals surface area contributed by atoms with Gasteiger partial charge in [-0.2, -0.15) is 0 Å². The SMILES string of the molecule is CC(C)=CC(=O)O.CC(O)C(C)O. The van der Waals surface area contributed by atoms with Gasteiger partial charge in [0.1, 0.15) is 0 Å². The van der Waals surface area contributed by atoms with E-state index in [1.54, 1.807) is 27.7 Å². The van der Waals surface area contributed by atoms with E-state index in [2.05, 4.69) is 0 Å². The van der Waals surface area contributed by atoms with Crippen molar-refractivity contribution >= 4 is 5.97 Å². The Morgan fingerprint density at radius 3 is 1.46 bits per heavy atom. The topological polar surface area (TPSA) is 77.8 Å². The normalized spacial score (nSPS) is 13.4. The van der Waals surface area contributed by atoms with Crippen LogP contribution in [0.2, 0.25) is 0 Å². The molecule has 13 heavy (non-hydrogen) atoms. The standard InChI is InChI=1S/C5H8O2.C4H10O2/c1-4(2)3-5(6)7;1-3(5)4(2)6/h3H,1-2H3,(H,6,7);3-6H,1-2H3. The van der Waals surface area contributed by atoms with Crippen LogP contribution < -0.4 is 0 Å². The van der Waals surface area contributed by atoms with Gasteiger partial charge in [-0.05, 0) is 27.7 Å². The Balaban J connectivity index is 0. The van der Waals surface area contributed by atoms with Gasteiger partial charge in [-0.15, -0.1) is 0 Å². The van der Waals surface area contributed by atoms with Gasteiger partial charge in [-0.3, -0.25) is 0 Å². The number of rotatable bonds is 2. The van der Waals surface area contributed by atoms with Gasteiger partial charge in [0.2, 0.25) is 0 Å². The molecule has 0 spiro atoms. The smallest absolute Gasteiger partial charge is 0.328 e. The van der Waals surface area contributed by atoms with Gasteiger partial charge in [0.15, 0.2) is 0 Å². The maximum absolute atomic E-state index is 9.73. The Morgan fingerprint density at radius 2 is 1.46 bits per heavy atom. The molecule has 0 fully saturated rings. The van der Waals surface area contributed by atoms with Gasteiger partial charge < -0.3 is 15.3 Å². The van der Waals surface area contributed by atoms with Crippen LogP contribution in [0, 0.1) is 0 Å². The van der Waals surface area contributed by atoms with Gasteiger partial charge in [0.25, 0.3) is 0 Å². The highest BCUT2D eigenvalue weighted by molar-refractivity contribution is 5.80. The summed E-state index contributed by atoms with van der Waals surface area (Å²) in [6, 6.07) is 0. The number of hydrogen-bond donors (Lipinski definition) is 3. The van der Waals surface area contributed by atoms with E-state index >= 15 is 0 Å². The van der Waals surface area contributed by atoms with Crippen LogP contribution in [-0.2, 0) is 4.79 Å². The molecule has 0 amide bonds. The van der Waals surface area contributed by atoms with E-state index in [4.69, 9.17) is 15.3 Å². The fourth-order valence-electron chi connectivity index (χ4n) is 0.247. The number of allylic oxidation sites excluding steroid dienone is 1. The van der Waals surface area contributed by atoms with E-state index in [9.17, 15) is 4.79 Å². The Kier molecular flexibility index (Phi) is 8.74. The molecule has 0 aromatic heterocycles. The molecule has 0 heterocycles. The molecule has 4 nitrogen and oxygen atoms in total. The Hall–Kier alpha value is -0.870. The lowest BCUT2D eigenvalue weighted by Gasteiger charge is -2.03. The first-order valence-electron chi connectivity index (χ1n) is 4.01. The van der Waals surface area contributed by atoms with Crippen molar-refractivity contribution in [1.82, 2.24) is 0 Å². The number of hydrogen-bond acceptors (Lipinski definition) is 3. The lowest BCUT2D eigenvalue weighted by molar-refractivity contribution is -0.131. The van der Waals surface area contributed by atoms with Crippen molar-refractivity contribution in [2.45, 2.75) is 39.9 Å². The number of carbonyl (C=O) groups is 1.